The highest BCUT2D eigenvalue weighted by Crippen LogP contribution is 2.36. The van der Waals surface area contributed by atoms with E-state index in [2.05, 4.69) is 0 Å². The lowest BCUT2D eigenvalue weighted by atomic mass is 9.87. The van der Waals surface area contributed by atoms with E-state index in [1.807, 2.05) is 0 Å². The number of carbonyl (C=O) groups excluding carboxylic acids is 2. The van der Waals surface area contributed by atoms with Crippen LogP contribution in [-0.2, 0) is 16.0 Å². The SMILES string of the molecule is CC(C)(C)OC(=O)N1CCC[C@@]1(Cc1ccccc1[N+](=O)[O-])C(=O)[O-]. The van der Waals surface area contributed by atoms with Crippen LogP contribution in [0.5, 0.6) is 0 Å². The van der Waals surface area contributed by atoms with Crippen molar-refractivity contribution in [2.45, 2.75) is 51.2 Å². The Bertz CT molecular complexity index is 697. The van der Waals surface area contributed by atoms with Gasteiger partial charge in [0.05, 0.1) is 16.4 Å². The number of nitro benzene ring substituents is 1. The van der Waals surface area contributed by atoms with Gasteiger partial charge in [0.1, 0.15) is 5.60 Å². The Kier molecular flexibility index (Phi) is 5.01. The van der Waals surface area contributed by atoms with Crippen LogP contribution in [0.4, 0.5) is 10.5 Å². The molecular formula is C17H21N2O6-. The first-order valence-electron chi connectivity index (χ1n) is 8.01. The standard InChI is InChI=1S/C17H22N2O6/c1-16(2,3)25-15(22)18-10-6-9-17(18,14(20)21)11-12-7-4-5-8-13(12)19(23)24/h4-5,7-8H,6,9-11H2,1-3H3,(H,20,21)/p-1/t17-/m1/s1. The van der Waals surface area contributed by atoms with Crippen LogP contribution in [0.3, 0.4) is 0 Å². The number of para-hydroxylation sites is 1. The molecule has 0 aliphatic carbocycles. The predicted octanol–water partition coefficient (Wildman–Crippen LogP) is 1.66. The molecule has 1 aliphatic heterocycles. The predicted molar refractivity (Wildman–Crippen MR) is 86.7 cm³/mol. The number of carboxylic acids is 1. The maximum atomic E-state index is 12.5. The second-order valence-electron chi connectivity index (χ2n) is 7.12. The summed E-state index contributed by atoms with van der Waals surface area (Å²) < 4.78 is 5.30. The van der Waals surface area contributed by atoms with Gasteiger partial charge in [-0.15, -0.1) is 0 Å². The topological polar surface area (TPSA) is 113 Å². The van der Waals surface area contributed by atoms with E-state index in [4.69, 9.17) is 4.74 Å². The third kappa shape index (κ3) is 3.89. The van der Waals surface area contributed by atoms with Crippen molar-refractivity contribution in [3.8, 4) is 0 Å². The molecule has 1 saturated heterocycles. The molecule has 0 radical (unpaired) electrons. The van der Waals surface area contributed by atoms with E-state index in [1.54, 1.807) is 26.8 Å². The quantitative estimate of drug-likeness (QED) is 0.603. The maximum absolute atomic E-state index is 12.5. The van der Waals surface area contributed by atoms with Gasteiger partial charge in [-0.3, -0.25) is 15.0 Å². The molecule has 8 heteroatoms. The zero-order valence-electron chi connectivity index (χ0n) is 14.5. The fourth-order valence-corrected chi connectivity index (χ4v) is 3.08. The minimum Gasteiger partial charge on any atom is -0.548 e. The highest BCUT2D eigenvalue weighted by atomic mass is 16.6. The summed E-state index contributed by atoms with van der Waals surface area (Å²) in [5.74, 6) is -1.44. The number of ether oxygens (including phenoxy) is 1. The fraction of sp³-hybridized carbons (Fsp3) is 0.529. The van der Waals surface area contributed by atoms with Gasteiger partial charge in [0.25, 0.3) is 5.69 Å². The number of likely N-dealkylation sites (tertiary alicyclic amines) is 1. The van der Waals surface area contributed by atoms with Crippen molar-refractivity contribution in [2.24, 2.45) is 0 Å². The Morgan fingerprint density at radius 1 is 1.32 bits per heavy atom. The van der Waals surface area contributed by atoms with Gasteiger partial charge in [0, 0.05) is 24.6 Å². The molecule has 8 nitrogen and oxygen atoms in total. The third-order valence-corrected chi connectivity index (χ3v) is 4.15. The second kappa shape index (κ2) is 6.70. The monoisotopic (exact) mass is 349 g/mol. The molecule has 0 saturated carbocycles. The van der Waals surface area contributed by atoms with E-state index < -0.39 is 28.1 Å². The summed E-state index contributed by atoms with van der Waals surface area (Å²) in [6.07, 6.45) is -0.354. The van der Waals surface area contributed by atoms with Crippen LogP contribution in [0.25, 0.3) is 0 Å². The van der Waals surface area contributed by atoms with E-state index in [-0.39, 0.29) is 30.6 Å². The maximum Gasteiger partial charge on any atom is 0.411 e. The number of benzene rings is 1. The zero-order chi connectivity index (χ0) is 18.8. The van der Waals surface area contributed by atoms with E-state index in [0.29, 0.717) is 6.42 Å². The molecule has 1 heterocycles. The van der Waals surface area contributed by atoms with E-state index in [9.17, 15) is 24.8 Å². The third-order valence-electron chi connectivity index (χ3n) is 4.15. The molecule has 0 bridgehead atoms. The van der Waals surface area contributed by atoms with Crippen molar-refractivity contribution in [2.75, 3.05) is 6.54 Å². The fourth-order valence-electron chi connectivity index (χ4n) is 3.08. The first kappa shape index (κ1) is 18.7. The number of nitro groups is 1. The zero-order valence-corrected chi connectivity index (χ0v) is 14.5. The Morgan fingerprint density at radius 2 is 1.96 bits per heavy atom. The van der Waals surface area contributed by atoms with Gasteiger partial charge in [-0.25, -0.2) is 4.79 Å². The Hall–Kier alpha value is -2.64. The summed E-state index contributed by atoms with van der Waals surface area (Å²) >= 11 is 0. The molecule has 0 unspecified atom stereocenters. The molecule has 1 fully saturated rings. The number of carbonyl (C=O) groups is 2. The van der Waals surface area contributed by atoms with Crippen molar-refractivity contribution in [3.05, 3.63) is 39.9 Å². The molecule has 0 spiro atoms. The average molecular weight is 349 g/mol. The van der Waals surface area contributed by atoms with Gasteiger partial charge in [0.15, 0.2) is 0 Å². The van der Waals surface area contributed by atoms with Crippen LogP contribution >= 0.6 is 0 Å². The number of amides is 1. The van der Waals surface area contributed by atoms with Crippen LogP contribution in [-0.4, -0.2) is 39.6 Å². The summed E-state index contributed by atoms with van der Waals surface area (Å²) in [4.78, 5) is 36.2. The molecule has 1 aromatic rings. The van der Waals surface area contributed by atoms with Gasteiger partial charge in [-0.05, 0) is 33.6 Å². The molecule has 0 aromatic heterocycles. The van der Waals surface area contributed by atoms with Crippen molar-refractivity contribution < 1.29 is 24.4 Å². The number of hydrogen-bond donors (Lipinski definition) is 0. The molecule has 136 valence electrons. The summed E-state index contributed by atoms with van der Waals surface area (Å²) in [5.41, 5.74) is -2.38. The minimum atomic E-state index is -1.66. The number of rotatable bonds is 4. The first-order chi connectivity index (χ1) is 11.6. The van der Waals surface area contributed by atoms with Crippen molar-refractivity contribution in [3.63, 3.8) is 0 Å². The summed E-state index contributed by atoms with van der Waals surface area (Å²) in [6.45, 7) is 5.25. The van der Waals surface area contributed by atoms with Crippen molar-refractivity contribution in [1.82, 2.24) is 4.90 Å². The lowest BCUT2D eigenvalue weighted by Crippen LogP contribution is -2.60. The molecule has 1 aromatic carbocycles. The summed E-state index contributed by atoms with van der Waals surface area (Å²) in [7, 11) is 0. The first-order valence-corrected chi connectivity index (χ1v) is 8.01. The second-order valence-corrected chi connectivity index (χ2v) is 7.12. The van der Waals surface area contributed by atoms with Crippen LogP contribution in [0.15, 0.2) is 24.3 Å². The van der Waals surface area contributed by atoms with Gasteiger partial charge >= 0.3 is 6.09 Å². The summed E-state index contributed by atoms with van der Waals surface area (Å²) in [6, 6.07) is 5.91. The molecule has 1 amide bonds. The van der Waals surface area contributed by atoms with Crippen LogP contribution in [0.2, 0.25) is 0 Å². The largest absolute Gasteiger partial charge is 0.548 e. The number of hydrogen-bond acceptors (Lipinski definition) is 6. The van der Waals surface area contributed by atoms with Crippen molar-refractivity contribution >= 4 is 17.7 Å². The lowest BCUT2D eigenvalue weighted by molar-refractivity contribution is -0.385. The van der Waals surface area contributed by atoms with E-state index in [0.717, 1.165) is 4.90 Å². The van der Waals surface area contributed by atoms with Gasteiger partial charge in [0.2, 0.25) is 0 Å². The normalized spacial score (nSPS) is 20.4. The van der Waals surface area contributed by atoms with Crippen LogP contribution in [0.1, 0.15) is 39.2 Å². The molecular weight excluding hydrogens is 328 g/mol. The Labute approximate surface area is 145 Å². The van der Waals surface area contributed by atoms with Crippen LogP contribution in [0, 0.1) is 10.1 Å². The highest BCUT2D eigenvalue weighted by molar-refractivity contribution is 5.84. The van der Waals surface area contributed by atoms with Gasteiger partial charge < -0.3 is 14.6 Å². The van der Waals surface area contributed by atoms with Crippen molar-refractivity contribution in [1.29, 1.82) is 0 Å². The smallest absolute Gasteiger partial charge is 0.411 e. The average Bonchev–Trinajstić information content (AvgIpc) is 2.91. The molecule has 0 N–H and O–H groups in total. The highest BCUT2D eigenvalue weighted by Gasteiger charge is 2.47. The van der Waals surface area contributed by atoms with Gasteiger partial charge in [-0.2, -0.15) is 0 Å². The van der Waals surface area contributed by atoms with Gasteiger partial charge in [-0.1, -0.05) is 18.2 Å². The molecule has 1 atom stereocenters. The number of aliphatic carboxylic acids is 1. The Balaban J connectivity index is 2.40. The number of carboxylic acid groups (broad SMARTS) is 1. The van der Waals surface area contributed by atoms with E-state index >= 15 is 0 Å². The molecule has 25 heavy (non-hydrogen) atoms. The Morgan fingerprint density at radius 3 is 2.52 bits per heavy atom. The lowest BCUT2D eigenvalue weighted by Gasteiger charge is -2.40. The molecule has 2 rings (SSSR count). The minimum absolute atomic E-state index is 0.153. The van der Waals surface area contributed by atoms with Crippen LogP contribution < -0.4 is 5.11 Å². The van der Waals surface area contributed by atoms with E-state index in [1.165, 1.54) is 18.2 Å². The summed E-state index contributed by atoms with van der Waals surface area (Å²) in [5, 5.41) is 23.2. The number of nitrogens with zero attached hydrogens (tertiary/aromatic N) is 2. The molecule has 1 aliphatic rings.